The van der Waals surface area contributed by atoms with E-state index in [1.54, 1.807) is 6.07 Å². The monoisotopic (exact) mass is 217 g/mol. The second-order valence-electron chi connectivity index (χ2n) is 4.26. The van der Waals surface area contributed by atoms with Crippen LogP contribution >= 0.6 is 0 Å². The molecule has 0 aromatic heterocycles. The number of nitrogens with one attached hydrogen (secondary N) is 1. The molecule has 2 atom stereocenters. The van der Waals surface area contributed by atoms with Gasteiger partial charge in [0.15, 0.2) is 0 Å². The van der Waals surface area contributed by atoms with Crippen molar-refractivity contribution in [3.63, 3.8) is 0 Å². The van der Waals surface area contributed by atoms with Crippen LogP contribution in [0, 0.1) is 19.3 Å². The smallest absolute Gasteiger partial charge is 0.120 e. The van der Waals surface area contributed by atoms with Crippen LogP contribution in [0.15, 0.2) is 18.2 Å². The van der Waals surface area contributed by atoms with Crippen LogP contribution in [-0.4, -0.2) is 11.1 Å². The fourth-order valence-electron chi connectivity index (χ4n) is 1.77. The topological polar surface area (TPSA) is 32.3 Å². The molecule has 2 heteroatoms. The summed E-state index contributed by atoms with van der Waals surface area (Å²) >= 11 is 0. The maximum atomic E-state index is 9.77. The number of hydrogen-bond acceptors (Lipinski definition) is 2. The molecule has 0 aliphatic rings. The van der Waals surface area contributed by atoms with E-state index in [-0.39, 0.29) is 12.1 Å². The van der Waals surface area contributed by atoms with Crippen molar-refractivity contribution in [3.05, 3.63) is 29.3 Å². The Labute approximate surface area is 97.7 Å². The zero-order chi connectivity index (χ0) is 12.1. The highest BCUT2D eigenvalue weighted by Gasteiger charge is 2.12. The van der Waals surface area contributed by atoms with Gasteiger partial charge in [0, 0.05) is 24.1 Å². The Hall–Kier alpha value is -1.46. The largest absolute Gasteiger partial charge is 0.508 e. The lowest BCUT2D eigenvalue weighted by Crippen LogP contribution is -2.28. The van der Waals surface area contributed by atoms with Crippen molar-refractivity contribution in [1.29, 1.82) is 0 Å². The van der Waals surface area contributed by atoms with E-state index in [1.165, 1.54) is 0 Å². The first-order valence-electron chi connectivity index (χ1n) is 5.53. The van der Waals surface area contributed by atoms with E-state index in [1.807, 2.05) is 32.9 Å². The van der Waals surface area contributed by atoms with Crippen LogP contribution in [0.4, 0.5) is 0 Å². The molecule has 0 heterocycles. The second kappa shape index (κ2) is 5.58. The summed E-state index contributed by atoms with van der Waals surface area (Å²) in [7, 11) is 0. The summed E-state index contributed by atoms with van der Waals surface area (Å²) in [5.74, 6) is 2.96. The average Bonchev–Trinajstić information content (AvgIpc) is 2.21. The predicted octanol–water partition coefficient (Wildman–Crippen LogP) is 2.76. The SMILES string of the molecule is C#CCC(C)NC(C)c1cc(C)ccc1O. The molecule has 0 bridgehead atoms. The third-order valence-electron chi connectivity index (χ3n) is 2.61. The lowest BCUT2D eigenvalue weighted by atomic mass is 10.0. The molecule has 2 N–H and O–H groups in total. The molecule has 16 heavy (non-hydrogen) atoms. The van der Waals surface area contributed by atoms with E-state index in [0.717, 1.165) is 11.1 Å². The zero-order valence-electron chi connectivity index (χ0n) is 10.1. The fraction of sp³-hybridized carbons (Fsp3) is 0.429. The number of hydrogen-bond donors (Lipinski definition) is 2. The van der Waals surface area contributed by atoms with E-state index in [2.05, 4.69) is 11.2 Å². The third kappa shape index (κ3) is 3.29. The van der Waals surface area contributed by atoms with E-state index < -0.39 is 0 Å². The van der Waals surface area contributed by atoms with Crippen molar-refractivity contribution in [2.75, 3.05) is 0 Å². The lowest BCUT2D eigenvalue weighted by molar-refractivity contribution is 0.436. The van der Waals surface area contributed by atoms with Crippen LogP contribution in [0.25, 0.3) is 0 Å². The van der Waals surface area contributed by atoms with Crippen LogP contribution < -0.4 is 5.32 Å². The highest BCUT2D eigenvalue weighted by atomic mass is 16.3. The highest BCUT2D eigenvalue weighted by molar-refractivity contribution is 5.37. The molecule has 0 aliphatic heterocycles. The third-order valence-corrected chi connectivity index (χ3v) is 2.61. The number of terminal acetylenes is 1. The first-order chi connectivity index (χ1) is 7.54. The standard InChI is InChI=1S/C14H19NO/c1-5-6-11(3)15-12(4)13-9-10(2)7-8-14(13)16/h1,7-9,11-12,15-16H,6H2,2-4H3. The molecule has 0 saturated carbocycles. The molecule has 2 unspecified atom stereocenters. The molecule has 0 radical (unpaired) electrons. The lowest BCUT2D eigenvalue weighted by Gasteiger charge is -2.20. The maximum absolute atomic E-state index is 9.77. The van der Waals surface area contributed by atoms with Gasteiger partial charge in [-0.3, -0.25) is 0 Å². The summed E-state index contributed by atoms with van der Waals surface area (Å²) < 4.78 is 0. The second-order valence-corrected chi connectivity index (χ2v) is 4.26. The Balaban J connectivity index is 2.76. The minimum atomic E-state index is 0.100. The van der Waals surface area contributed by atoms with E-state index in [4.69, 9.17) is 6.42 Å². The Morgan fingerprint density at radius 3 is 2.75 bits per heavy atom. The van der Waals surface area contributed by atoms with Gasteiger partial charge in [-0.05, 0) is 26.8 Å². The van der Waals surface area contributed by atoms with Crippen molar-refractivity contribution in [3.8, 4) is 18.1 Å². The van der Waals surface area contributed by atoms with Crippen LogP contribution in [0.2, 0.25) is 0 Å². The molecule has 0 aliphatic carbocycles. The van der Waals surface area contributed by atoms with Gasteiger partial charge >= 0.3 is 0 Å². The van der Waals surface area contributed by atoms with Crippen LogP contribution in [0.5, 0.6) is 5.75 Å². The summed E-state index contributed by atoms with van der Waals surface area (Å²) in [5, 5.41) is 13.1. The maximum Gasteiger partial charge on any atom is 0.120 e. The summed E-state index contributed by atoms with van der Waals surface area (Å²) in [6.45, 7) is 6.09. The molecule has 0 spiro atoms. The zero-order valence-corrected chi connectivity index (χ0v) is 10.1. The van der Waals surface area contributed by atoms with Gasteiger partial charge in [-0.1, -0.05) is 17.7 Å². The Bertz CT molecular complexity index is 392. The van der Waals surface area contributed by atoms with Crippen LogP contribution in [-0.2, 0) is 0 Å². The molecule has 86 valence electrons. The first-order valence-corrected chi connectivity index (χ1v) is 5.53. The summed E-state index contributed by atoms with van der Waals surface area (Å²) in [6, 6.07) is 5.98. The minimum absolute atomic E-state index is 0.100. The molecule has 2 nitrogen and oxygen atoms in total. The van der Waals surface area contributed by atoms with Gasteiger partial charge in [-0.15, -0.1) is 12.3 Å². The molecule has 1 rings (SSSR count). The molecule has 0 amide bonds. The fourth-order valence-corrected chi connectivity index (χ4v) is 1.77. The quantitative estimate of drug-likeness (QED) is 0.760. The van der Waals surface area contributed by atoms with Gasteiger partial charge in [0.2, 0.25) is 0 Å². The molecule has 0 fully saturated rings. The molecule has 1 aromatic rings. The highest BCUT2D eigenvalue weighted by Crippen LogP contribution is 2.25. The van der Waals surface area contributed by atoms with Gasteiger partial charge in [0.05, 0.1) is 0 Å². The van der Waals surface area contributed by atoms with E-state index in [0.29, 0.717) is 12.2 Å². The summed E-state index contributed by atoms with van der Waals surface area (Å²) in [4.78, 5) is 0. The molecular formula is C14H19NO. The number of phenols is 1. The number of rotatable bonds is 4. The summed E-state index contributed by atoms with van der Waals surface area (Å²) in [5.41, 5.74) is 2.06. The van der Waals surface area contributed by atoms with Crippen LogP contribution in [0.1, 0.15) is 37.4 Å². The molecule has 0 saturated heterocycles. The molecular weight excluding hydrogens is 198 g/mol. The van der Waals surface area contributed by atoms with Crippen molar-refractivity contribution in [2.24, 2.45) is 0 Å². The Morgan fingerprint density at radius 2 is 2.12 bits per heavy atom. The Morgan fingerprint density at radius 1 is 1.44 bits per heavy atom. The van der Waals surface area contributed by atoms with Gasteiger partial charge in [-0.25, -0.2) is 0 Å². The van der Waals surface area contributed by atoms with Gasteiger partial charge in [0.1, 0.15) is 5.75 Å². The van der Waals surface area contributed by atoms with E-state index >= 15 is 0 Å². The number of benzene rings is 1. The van der Waals surface area contributed by atoms with Gasteiger partial charge in [0.25, 0.3) is 0 Å². The normalized spacial score (nSPS) is 14.1. The number of aryl methyl sites for hydroxylation is 1. The molecule has 1 aromatic carbocycles. The van der Waals surface area contributed by atoms with Gasteiger partial charge in [-0.2, -0.15) is 0 Å². The minimum Gasteiger partial charge on any atom is -0.508 e. The van der Waals surface area contributed by atoms with Crippen LogP contribution in [0.3, 0.4) is 0 Å². The van der Waals surface area contributed by atoms with Crippen molar-refractivity contribution in [1.82, 2.24) is 5.32 Å². The average molecular weight is 217 g/mol. The first kappa shape index (κ1) is 12.6. The summed E-state index contributed by atoms with van der Waals surface area (Å²) in [6.07, 6.45) is 5.95. The van der Waals surface area contributed by atoms with Crippen molar-refractivity contribution < 1.29 is 5.11 Å². The van der Waals surface area contributed by atoms with Gasteiger partial charge < -0.3 is 10.4 Å². The number of phenolic OH excluding ortho intramolecular Hbond substituents is 1. The Kier molecular flexibility index (Phi) is 4.39. The van der Waals surface area contributed by atoms with Crippen molar-refractivity contribution >= 4 is 0 Å². The predicted molar refractivity (Wildman–Crippen MR) is 67.3 cm³/mol. The van der Waals surface area contributed by atoms with E-state index in [9.17, 15) is 5.11 Å². The number of aromatic hydroxyl groups is 1. The van der Waals surface area contributed by atoms with Crippen molar-refractivity contribution in [2.45, 2.75) is 39.3 Å².